The second-order valence-corrected chi connectivity index (χ2v) is 9.47. The molecule has 1 aliphatic carbocycles. The van der Waals surface area contributed by atoms with Gasteiger partial charge >= 0.3 is 0 Å². The minimum atomic E-state index is -0.660. The number of rotatable bonds is 5. The van der Waals surface area contributed by atoms with Crippen LogP contribution in [0.25, 0.3) is 10.8 Å². The van der Waals surface area contributed by atoms with Crippen LogP contribution in [0.2, 0.25) is 0 Å². The Kier molecular flexibility index (Phi) is 5.37. The summed E-state index contributed by atoms with van der Waals surface area (Å²) in [6.07, 6.45) is 5.29. The number of hydrogen-bond acceptors (Lipinski definition) is 5. The second kappa shape index (κ2) is 8.20. The van der Waals surface area contributed by atoms with Gasteiger partial charge in [0.05, 0.1) is 11.3 Å². The van der Waals surface area contributed by atoms with Crippen LogP contribution in [-0.4, -0.2) is 41.9 Å². The Hall–Kier alpha value is -2.93. The lowest BCUT2D eigenvalue weighted by atomic mass is 9.89. The molecule has 5 rings (SSSR count). The maximum atomic E-state index is 13.3. The lowest BCUT2D eigenvalue weighted by Crippen LogP contribution is -2.53. The molecule has 2 aromatic rings. The number of amides is 3. The lowest BCUT2D eigenvalue weighted by molar-refractivity contribution is -0.134. The Morgan fingerprint density at radius 1 is 1.00 bits per heavy atom. The Morgan fingerprint density at radius 3 is 2.53 bits per heavy atom. The minimum absolute atomic E-state index is 0.172. The molecule has 3 amide bonds. The summed E-state index contributed by atoms with van der Waals surface area (Å²) in [5.41, 5.74) is 2.39. The molecule has 1 saturated heterocycles. The number of nitrogens with zero attached hydrogens (tertiary/aromatic N) is 1. The second-order valence-electron chi connectivity index (χ2n) is 9.47. The predicted molar refractivity (Wildman–Crippen MR) is 125 cm³/mol. The quantitative estimate of drug-likeness (QED) is 0.628. The largest absolute Gasteiger partial charge is 0.380 e. The van der Waals surface area contributed by atoms with Crippen molar-refractivity contribution in [2.24, 2.45) is 0 Å². The first kappa shape index (κ1) is 20.9. The van der Waals surface area contributed by atoms with Crippen LogP contribution in [0.15, 0.2) is 30.3 Å². The average Bonchev–Trinajstić information content (AvgIpc) is 3.04. The van der Waals surface area contributed by atoms with Crippen LogP contribution in [0.4, 0.5) is 11.4 Å². The normalized spacial score (nSPS) is 25.5. The number of piperidine rings is 1. The summed E-state index contributed by atoms with van der Waals surface area (Å²) >= 11 is 0. The van der Waals surface area contributed by atoms with E-state index in [1.165, 1.54) is 12.8 Å². The van der Waals surface area contributed by atoms with Crippen molar-refractivity contribution < 1.29 is 14.4 Å². The Bertz CT molecular complexity index is 1100. The van der Waals surface area contributed by atoms with Crippen LogP contribution in [0.3, 0.4) is 0 Å². The molecule has 3 aliphatic rings. The van der Waals surface area contributed by atoms with Crippen LogP contribution in [-0.2, 0) is 9.59 Å². The molecule has 1 unspecified atom stereocenters. The number of benzene rings is 2. The molecule has 3 N–H and O–H groups in total. The van der Waals surface area contributed by atoms with E-state index < -0.39 is 11.9 Å². The number of hydrogen-bond donors (Lipinski definition) is 3. The maximum Gasteiger partial charge on any atom is 0.259 e. The SMILES string of the molecule is CC(C)N[C@@H]1CCCC[C@H]1Nc1ccc2c3c(cccc13)N(C1CCC(=O)NC1=O)C2=O. The molecule has 2 fully saturated rings. The van der Waals surface area contributed by atoms with Crippen molar-refractivity contribution in [2.45, 2.75) is 76.5 Å². The van der Waals surface area contributed by atoms with E-state index in [-0.39, 0.29) is 18.2 Å². The molecular weight excluding hydrogens is 404 g/mol. The van der Waals surface area contributed by atoms with Crippen molar-refractivity contribution in [3.05, 3.63) is 35.9 Å². The van der Waals surface area contributed by atoms with Gasteiger partial charge in [0.25, 0.3) is 5.91 Å². The van der Waals surface area contributed by atoms with Crippen LogP contribution in [0.5, 0.6) is 0 Å². The molecule has 2 heterocycles. The number of anilines is 2. The molecule has 7 nitrogen and oxygen atoms in total. The number of carbonyl (C=O) groups is 3. The molecular formula is C25H30N4O3. The van der Waals surface area contributed by atoms with Crippen molar-refractivity contribution in [2.75, 3.05) is 10.2 Å². The first-order valence-electron chi connectivity index (χ1n) is 11.7. The van der Waals surface area contributed by atoms with Gasteiger partial charge in [0.1, 0.15) is 6.04 Å². The van der Waals surface area contributed by atoms with Gasteiger partial charge in [0.15, 0.2) is 0 Å². The van der Waals surface area contributed by atoms with Crippen molar-refractivity contribution in [1.29, 1.82) is 0 Å². The van der Waals surface area contributed by atoms with E-state index >= 15 is 0 Å². The smallest absolute Gasteiger partial charge is 0.259 e. The molecule has 168 valence electrons. The minimum Gasteiger partial charge on any atom is -0.380 e. The molecule has 3 atom stereocenters. The Morgan fingerprint density at radius 2 is 1.78 bits per heavy atom. The molecule has 32 heavy (non-hydrogen) atoms. The highest BCUT2D eigenvalue weighted by Crippen LogP contribution is 2.42. The van der Waals surface area contributed by atoms with Gasteiger partial charge in [-0.25, -0.2) is 0 Å². The summed E-state index contributed by atoms with van der Waals surface area (Å²) in [5, 5.41) is 11.7. The fourth-order valence-electron chi connectivity index (χ4n) is 5.50. The number of nitrogens with one attached hydrogen (secondary N) is 3. The summed E-state index contributed by atoms with van der Waals surface area (Å²) < 4.78 is 0. The van der Waals surface area contributed by atoms with Gasteiger partial charge in [-0.15, -0.1) is 0 Å². The topological polar surface area (TPSA) is 90.5 Å². The molecule has 2 aromatic carbocycles. The zero-order valence-corrected chi connectivity index (χ0v) is 18.6. The fourth-order valence-corrected chi connectivity index (χ4v) is 5.50. The third kappa shape index (κ3) is 3.54. The standard InChI is InChI=1S/C25H30N4O3/c1-14(2)26-18-7-3-4-8-19(18)27-17-11-10-16-23-15(17)6-5-9-20(23)29(25(16)32)21-12-13-22(30)28-24(21)31/h5-6,9-11,14,18-19,21,26-27H,3-4,7-8,12-13H2,1-2H3,(H,28,30,31)/t18-,19-,21?/m1/s1. The van der Waals surface area contributed by atoms with E-state index in [1.54, 1.807) is 4.90 Å². The summed E-state index contributed by atoms with van der Waals surface area (Å²) in [6, 6.07) is 10.2. The van der Waals surface area contributed by atoms with Crippen molar-refractivity contribution in [3.8, 4) is 0 Å². The molecule has 1 saturated carbocycles. The Balaban J connectivity index is 1.50. The van der Waals surface area contributed by atoms with Crippen LogP contribution >= 0.6 is 0 Å². The zero-order chi connectivity index (χ0) is 22.4. The van der Waals surface area contributed by atoms with Gasteiger partial charge in [-0.3, -0.25) is 24.6 Å². The molecule has 2 aliphatic heterocycles. The predicted octanol–water partition coefficient (Wildman–Crippen LogP) is 3.33. The zero-order valence-electron chi connectivity index (χ0n) is 18.6. The summed E-state index contributed by atoms with van der Waals surface area (Å²) in [6.45, 7) is 4.36. The first-order chi connectivity index (χ1) is 15.4. The van der Waals surface area contributed by atoms with E-state index in [1.807, 2.05) is 30.3 Å². The monoisotopic (exact) mass is 434 g/mol. The summed E-state index contributed by atoms with van der Waals surface area (Å²) in [7, 11) is 0. The highest BCUT2D eigenvalue weighted by molar-refractivity contribution is 6.28. The van der Waals surface area contributed by atoms with Crippen molar-refractivity contribution in [3.63, 3.8) is 0 Å². The molecule has 0 radical (unpaired) electrons. The average molecular weight is 435 g/mol. The van der Waals surface area contributed by atoms with Crippen LogP contribution < -0.4 is 20.9 Å². The van der Waals surface area contributed by atoms with E-state index in [9.17, 15) is 14.4 Å². The van der Waals surface area contributed by atoms with E-state index in [2.05, 4.69) is 29.8 Å². The van der Waals surface area contributed by atoms with Gasteiger partial charge in [0, 0.05) is 41.0 Å². The van der Waals surface area contributed by atoms with E-state index in [0.29, 0.717) is 30.1 Å². The third-order valence-corrected chi connectivity index (χ3v) is 6.90. The van der Waals surface area contributed by atoms with Crippen LogP contribution in [0.1, 0.15) is 62.7 Å². The summed E-state index contributed by atoms with van der Waals surface area (Å²) in [4.78, 5) is 39.0. The van der Waals surface area contributed by atoms with E-state index in [4.69, 9.17) is 0 Å². The number of imide groups is 1. The Labute approximate surface area is 187 Å². The molecule has 0 aromatic heterocycles. The lowest BCUT2D eigenvalue weighted by Gasteiger charge is -2.35. The third-order valence-electron chi connectivity index (χ3n) is 6.90. The van der Waals surface area contributed by atoms with E-state index in [0.717, 1.165) is 35.0 Å². The molecule has 0 spiro atoms. The van der Waals surface area contributed by atoms with Gasteiger partial charge in [0.2, 0.25) is 11.8 Å². The first-order valence-corrected chi connectivity index (χ1v) is 11.7. The van der Waals surface area contributed by atoms with Gasteiger partial charge in [-0.2, -0.15) is 0 Å². The van der Waals surface area contributed by atoms with Crippen LogP contribution in [0, 0.1) is 0 Å². The van der Waals surface area contributed by atoms with Gasteiger partial charge in [-0.05, 0) is 37.5 Å². The fraction of sp³-hybridized carbons (Fsp3) is 0.480. The summed E-state index contributed by atoms with van der Waals surface area (Å²) in [5.74, 6) is -0.853. The van der Waals surface area contributed by atoms with Gasteiger partial charge < -0.3 is 10.6 Å². The van der Waals surface area contributed by atoms with Crippen molar-refractivity contribution >= 4 is 39.9 Å². The molecule has 0 bridgehead atoms. The van der Waals surface area contributed by atoms with Gasteiger partial charge in [-0.1, -0.05) is 38.8 Å². The highest BCUT2D eigenvalue weighted by Gasteiger charge is 2.41. The molecule has 7 heteroatoms. The highest BCUT2D eigenvalue weighted by atomic mass is 16.2. The van der Waals surface area contributed by atoms with Crippen molar-refractivity contribution in [1.82, 2.24) is 10.6 Å². The number of carbonyl (C=O) groups excluding carboxylic acids is 3. The maximum absolute atomic E-state index is 13.3.